The number of carbonyl (C=O) groups excluding carboxylic acids is 2. The van der Waals surface area contributed by atoms with Crippen molar-refractivity contribution in [3.8, 4) is 0 Å². The summed E-state index contributed by atoms with van der Waals surface area (Å²) < 4.78 is 39.7. The molecular weight excluding hydrogens is 463 g/mol. The SMILES string of the molecule is O=C(NNC1=NCCS1)c1csc(C2CCN(C(=O)c3ccccc3C(F)(F)F)CC2)n1. The number of nitrogens with one attached hydrogen (secondary N) is 2. The van der Waals surface area contributed by atoms with Gasteiger partial charge < -0.3 is 4.90 Å². The summed E-state index contributed by atoms with van der Waals surface area (Å²) in [6.45, 7) is 1.37. The number of hydrogen-bond donors (Lipinski definition) is 2. The molecule has 1 aromatic carbocycles. The van der Waals surface area contributed by atoms with Crippen molar-refractivity contribution in [2.75, 3.05) is 25.4 Å². The highest BCUT2D eigenvalue weighted by Gasteiger charge is 2.36. The Morgan fingerprint density at radius 1 is 1.16 bits per heavy atom. The number of benzene rings is 1. The average molecular weight is 484 g/mol. The fourth-order valence-corrected chi connectivity index (χ4v) is 5.23. The van der Waals surface area contributed by atoms with E-state index in [1.807, 2.05) is 0 Å². The summed E-state index contributed by atoms with van der Waals surface area (Å²) in [5, 5.41) is 3.12. The van der Waals surface area contributed by atoms with E-state index < -0.39 is 17.6 Å². The molecule has 3 heterocycles. The van der Waals surface area contributed by atoms with Gasteiger partial charge in [-0.05, 0) is 25.0 Å². The van der Waals surface area contributed by atoms with Gasteiger partial charge in [0.05, 0.1) is 22.7 Å². The zero-order valence-electron chi connectivity index (χ0n) is 16.8. The number of piperidine rings is 1. The maximum Gasteiger partial charge on any atom is 0.417 e. The van der Waals surface area contributed by atoms with Gasteiger partial charge in [-0.25, -0.2) is 4.98 Å². The van der Waals surface area contributed by atoms with E-state index in [2.05, 4.69) is 20.8 Å². The second-order valence-electron chi connectivity index (χ2n) is 7.30. The van der Waals surface area contributed by atoms with Crippen LogP contribution in [0.3, 0.4) is 0 Å². The fourth-order valence-electron chi connectivity index (χ4n) is 3.58. The molecule has 2 aliphatic rings. The molecule has 7 nitrogen and oxygen atoms in total. The van der Waals surface area contributed by atoms with Crippen molar-refractivity contribution < 1.29 is 22.8 Å². The first-order chi connectivity index (χ1) is 15.3. The molecule has 0 atom stereocenters. The third-order valence-electron chi connectivity index (χ3n) is 5.22. The van der Waals surface area contributed by atoms with Crippen molar-refractivity contribution in [1.29, 1.82) is 0 Å². The smallest absolute Gasteiger partial charge is 0.339 e. The van der Waals surface area contributed by atoms with Crippen molar-refractivity contribution in [2.45, 2.75) is 24.9 Å². The van der Waals surface area contributed by atoms with Gasteiger partial charge in [0, 0.05) is 30.1 Å². The minimum Gasteiger partial charge on any atom is -0.339 e. The minimum absolute atomic E-state index is 0.0474. The number of thiazole rings is 1. The van der Waals surface area contributed by atoms with Gasteiger partial charge in [0.1, 0.15) is 5.69 Å². The van der Waals surface area contributed by atoms with Gasteiger partial charge >= 0.3 is 6.18 Å². The van der Waals surface area contributed by atoms with E-state index in [4.69, 9.17) is 0 Å². The fraction of sp³-hybridized carbons (Fsp3) is 0.400. The van der Waals surface area contributed by atoms with Crippen molar-refractivity contribution in [3.05, 3.63) is 51.5 Å². The molecule has 12 heteroatoms. The highest BCUT2D eigenvalue weighted by atomic mass is 32.2. The lowest BCUT2D eigenvalue weighted by Crippen LogP contribution is -2.40. The minimum atomic E-state index is -4.58. The number of rotatable bonds is 3. The Hall–Kier alpha value is -2.60. The van der Waals surface area contributed by atoms with Crippen LogP contribution < -0.4 is 10.9 Å². The number of amidine groups is 1. The molecule has 1 aromatic heterocycles. The monoisotopic (exact) mass is 483 g/mol. The number of carbonyl (C=O) groups is 2. The standard InChI is InChI=1S/C20H20F3N5O2S2/c21-20(22,23)14-4-2-1-3-13(14)18(30)28-8-5-12(6-9-28)17-25-15(11-32-17)16(29)26-27-19-24-7-10-31-19/h1-4,11-12H,5-10H2,(H,24,27)(H,26,29). The van der Waals surface area contributed by atoms with Crippen LogP contribution in [0.5, 0.6) is 0 Å². The highest BCUT2D eigenvalue weighted by Crippen LogP contribution is 2.34. The van der Waals surface area contributed by atoms with E-state index in [0.717, 1.165) is 16.8 Å². The van der Waals surface area contributed by atoms with Gasteiger partial charge in [-0.3, -0.25) is 25.4 Å². The maximum atomic E-state index is 13.2. The molecule has 2 amide bonds. The van der Waals surface area contributed by atoms with Gasteiger partial charge in [-0.2, -0.15) is 13.2 Å². The molecule has 0 bridgehead atoms. The summed E-state index contributed by atoms with van der Waals surface area (Å²) in [7, 11) is 0. The van der Waals surface area contributed by atoms with Crippen molar-refractivity contribution in [3.63, 3.8) is 0 Å². The van der Waals surface area contributed by atoms with Crippen molar-refractivity contribution in [2.24, 2.45) is 4.99 Å². The van der Waals surface area contributed by atoms with Gasteiger partial charge in [-0.15, -0.1) is 11.3 Å². The first-order valence-electron chi connectivity index (χ1n) is 9.97. The molecule has 2 aliphatic heterocycles. The Balaban J connectivity index is 1.34. The molecular formula is C20H20F3N5O2S2. The van der Waals surface area contributed by atoms with E-state index in [-0.39, 0.29) is 17.4 Å². The summed E-state index contributed by atoms with van der Waals surface area (Å²) in [5.41, 5.74) is 4.39. The summed E-state index contributed by atoms with van der Waals surface area (Å²) in [6, 6.07) is 4.85. The van der Waals surface area contributed by atoms with Crippen LogP contribution in [0.15, 0.2) is 34.6 Å². The second-order valence-corrected chi connectivity index (χ2v) is 9.27. The predicted octanol–water partition coefficient (Wildman–Crippen LogP) is 3.52. The Kier molecular flexibility index (Phi) is 6.70. The van der Waals surface area contributed by atoms with E-state index in [0.29, 0.717) is 43.3 Å². The highest BCUT2D eigenvalue weighted by molar-refractivity contribution is 8.14. The molecule has 1 fully saturated rings. The Bertz CT molecular complexity index is 1030. The van der Waals surface area contributed by atoms with Crippen LogP contribution in [0.25, 0.3) is 0 Å². The number of likely N-dealkylation sites (tertiary alicyclic amines) is 1. The third kappa shape index (κ3) is 5.07. The molecule has 0 radical (unpaired) electrons. The molecule has 0 unspecified atom stereocenters. The molecule has 0 spiro atoms. The third-order valence-corrected chi connectivity index (χ3v) is 7.12. The first kappa shape index (κ1) is 22.6. The quantitative estimate of drug-likeness (QED) is 0.653. The zero-order valence-corrected chi connectivity index (χ0v) is 18.4. The van der Waals surface area contributed by atoms with Crippen LogP contribution in [-0.4, -0.2) is 52.3 Å². The lowest BCUT2D eigenvalue weighted by molar-refractivity contribution is -0.138. The molecule has 2 N–H and O–H groups in total. The summed E-state index contributed by atoms with van der Waals surface area (Å²) in [6.07, 6.45) is -3.44. The van der Waals surface area contributed by atoms with E-state index in [9.17, 15) is 22.8 Å². The van der Waals surface area contributed by atoms with Crippen LogP contribution in [0, 0.1) is 0 Å². The van der Waals surface area contributed by atoms with Gasteiger partial charge in [0.25, 0.3) is 11.8 Å². The maximum absolute atomic E-state index is 13.2. The van der Waals surface area contributed by atoms with E-state index in [1.54, 1.807) is 5.38 Å². The van der Waals surface area contributed by atoms with Crippen LogP contribution >= 0.6 is 23.1 Å². The van der Waals surface area contributed by atoms with Crippen molar-refractivity contribution in [1.82, 2.24) is 20.7 Å². The van der Waals surface area contributed by atoms with Crippen molar-refractivity contribution >= 4 is 40.1 Å². The summed E-state index contributed by atoms with van der Waals surface area (Å²) >= 11 is 2.89. The largest absolute Gasteiger partial charge is 0.417 e. The molecule has 1 saturated heterocycles. The van der Waals surface area contributed by atoms with E-state index in [1.165, 1.54) is 46.2 Å². The normalized spacial score (nSPS) is 17.2. The number of amides is 2. The van der Waals surface area contributed by atoms with E-state index >= 15 is 0 Å². The molecule has 32 heavy (non-hydrogen) atoms. The van der Waals surface area contributed by atoms with Gasteiger partial charge in [0.15, 0.2) is 5.17 Å². The Morgan fingerprint density at radius 3 is 2.59 bits per heavy atom. The van der Waals surface area contributed by atoms with Gasteiger partial charge in [0.2, 0.25) is 0 Å². The second kappa shape index (κ2) is 9.49. The molecule has 0 aliphatic carbocycles. The molecule has 170 valence electrons. The number of aliphatic imine (C=N–C) groups is 1. The van der Waals surface area contributed by atoms with Crippen LogP contribution in [-0.2, 0) is 6.18 Å². The van der Waals surface area contributed by atoms with Crippen LogP contribution in [0.1, 0.15) is 50.2 Å². The summed E-state index contributed by atoms with van der Waals surface area (Å²) in [4.78, 5) is 35.1. The first-order valence-corrected chi connectivity index (χ1v) is 11.8. The number of halogens is 3. The topological polar surface area (TPSA) is 86.7 Å². The number of hydrogen-bond acceptors (Lipinski definition) is 7. The molecule has 0 saturated carbocycles. The number of alkyl halides is 3. The number of hydrazine groups is 1. The number of aromatic nitrogens is 1. The Labute approximate surface area is 190 Å². The molecule has 4 rings (SSSR count). The summed E-state index contributed by atoms with van der Waals surface area (Å²) in [5.74, 6) is -0.0539. The molecule has 2 aromatic rings. The Morgan fingerprint density at radius 2 is 1.91 bits per heavy atom. The van der Waals surface area contributed by atoms with Crippen LogP contribution in [0.4, 0.5) is 13.2 Å². The number of nitrogens with zero attached hydrogens (tertiary/aromatic N) is 3. The predicted molar refractivity (Wildman–Crippen MR) is 117 cm³/mol. The van der Waals surface area contributed by atoms with Gasteiger partial charge in [-0.1, -0.05) is 23.9 Å². The zero-order chi connectivity index (χ0) is 22.7. The average Bonchev–Trinajstić information content (AvgIpc) is 3.49. The lowest BCUT2D eigenvalue weighted by Gasteiger charge is -2.31. The lowest BCUT2D eigenvalue weighted by atomic mass is 9.96. The van der Waals surface area contributed by atoms with Crippen LogP contribution in [0.2, 0.25) is 0 Å². The number of thioether (sulfide) groups is 1.